The van der Waals surface area contributed by atoms with Crippen molar-refractivity contribution < 1.29 is 4.79 Å². The molecule has 3 nitrogen and oxygen atoms in total. The normalized spacial score (nSPS) is 10.4. The Balaban J connectivity index is 2.35. The minimum Gasteiger partial charge on any atom is -0.338 e. The second kappa shape index (κ2) is 4.31. The van der Waals surface area contributed by atoms with Crippen LogP contribution < -0.4 is 0 Å². The molecule has 0 spiro atoms. The van der Waals surface area contributed by atoms with Gasteiger partial charge in [-0.1, -0.05) is 24.3 Å². The molecule has 0 fully saturated rings. The Bertz CT molecular complexity index is 514. The Kier molecular flexibility index (Phi) is 2.86. The fourth-order valence-corrected chi connectivity index (χ4v) is 1.76. The van der Waals surface area contributed by atoms with Crippen molar-refractivity contribution in [3.8, 4) is 0 Å². The van der Waals surface area contributed by atoms with Gasteiger partial charge >= 0.3 is 0 Å². The summed E-state index contributed by atoms with van der Waals surface area (Å²) in [6.45, 7) is 1.59. The second-order valence-electron chi connectivity index (χ2n) is 3.84. The van der Waals surface area contributed by atoms with Crippen LogP contribution in [0.3, 0.4) is 0 Å². The summed E-state index contributed by atoms with van der Waals surface area (Å²) < 4.78 is 1.97. The van der Waals surface area contributed by atoms with E-state index in [4.69, 9.17) is 0 Å². The monoisotopic (exact) mass is 214 g/mol. The van der Waals surface area contributed by atoms with Gasteiger partial charge in [-0.2, -0.15) is 0 Å². The van der Waals surface area contributed by atoms with Gasteiger partial charge in [-0.05, 0) is 12.5 Å². The summed E-state index contributed by atoms with van der Waals surface area (Å²) in [6.07, 6.45) is 4.37. The highest BCUT2D eigenvalue weighted by Gasteiger charge is 2.08. The van der Waals surface area contributed by atoms with E-state index in [1.807, 2.05) is 42.1 Å². The number of aryl methyl sites for hydroxylation is 1. The molecule has 0 N–H and O–H groups in total. The lowest BCUT2D eigenvalue weighted by molar-refractivity contribution is 0.101. The molecule has 0 amide bonds. The zero-order valence-electron chi connectivity index (χ0n) is 9.47. The molecular weight excluding hydrogens is 200 g/mol. The number of hydrogen-bond acceptors (Lipinski definition) is 2. The van der Waals surface area contributed by atoms with Gasteiger partial charge in [-0.25, -0.2) is 4.98 Å². The molecular formula is C13H14N2O. The minimum atomic E-state index is 0.102. The Hall–Kier alpha value is -1.90. The molecule has 2 aromatic rings. The number of rotatable bonds is 3. The predicted octanol–water partition coefficient (Wildman–Crippen LogP) is 2.21. The van der Waals surface area contributed by atoms with Gasteiger partial charge in [-0.3, -0.25) is 4.79 Å². The zero-order valence-corrected chi connectivity index (χ0v) is 9.47. The number of hydrogen-bond donors (Lipinski definition) is 0. The Morgan fingerprint density at radius 2 is 2.12 bits per heavy atom. The van der Waals surface area contributed by atoms with Gasteiger partial charge in [0.2, 0.25) is 0 Å². The van der Waals surface area contributed by atoms with Crippen LogP contribution in [0.25, 0.3) is 0 Å². The van der Waals surface area contributed by atoms with Gasteiger partial charge in [0.05, 0.1) is 0 Å². The number of aromatic nitrogens is 2. The summed E-state index contributed by atoms with van der Waals surface area (Å²) in [5, 5.41) is 0. The van der Waals surface area contributed by atoms with Crippen molar-refractivity contribution in [2.24, 2.45) is 7.05 Å². The number of carbonyl (C=O) groups excluding carboxylic acids is 1. The van der Waals surface area contributed by atoms with Crippen molar-refractivity contribution >= 4 is 5.78 Å². The van der Waals surface area contributed by atoms with Crippen molar-refractivity contribution in [2.75, 3.05) is 0 Å². The molecule has 1 aromatic heterocycles. The average Bonchev–Trinajstić information content (AvgIpc) is 2.65. The van der Waals surface area contributed by atoms with E-state index in [9.17, 15) is 4.79 Å². The molecule has 16 heavy (non-hydrogen) atoms. The summed E-state index contributed by atoms with van der Waals surface area (Å²) in [4.78, 5) is 15.7. The third-order valence-corrected chi connectivity index (χ3v) is 2.67. The SMILES string of the molecule is CC(=O)c1ccccc1Cc1nccn1C. The van der Waals surface area contributed by atoms with Crippen molar-refractivity contribution in [3.05, 3.63) is 53.6 Å². The minimum absolute atomic E-state index is 0.102. The van der Waals surface area contributed by atoms with E-state index in [2.05, 4.69) is 4.98 Å². The van der Waals surface area contributed by atoms with Crippen LogP contribution in [0.5, 0.6) is 0 Å². The number of carbonyl (C=O) groups is 1. The van der Waals surface area contributed by atoms with Gasteiger partial charge in [0, 0.05) is 31.4 Å². The molecule has 0 aliphatic heterocycles. The summed E-state index contributed by atoms with van der Waals surface area (Å²) in [7, 11) is 1.96. The lowest BCUT2D eigenvalue weighted by atomic mass is 10.0. The second-order valence-corrected chi connectivity index (χ2v) is 3.84. The maximum absolute atomic E-state index is 11.5. The summed E-state index contributed by atoms with van der Waals surface area (Å²) in [5.41, 5.74) is 1.81. The molecule has 0 unspecified atom stereocenters. The van der Waals surface area contributed by atoms with Crippen LogP contribution in [0.15, 0.2) is 36.7 Å². The highest BCUT2D eigenvalue weighted by atomic mass is 16.1. The molecule has 0 saturated heterocycles. The number of ketones is 1. The zero-order chi connectivity index (χ0) is 11.5. The number of Topliss-reactive ketones (excluding diaryl/α,β-unsaturated/α-hetero) is 1. The van der Waals surface area contributed by atoms with Gasteiger partial charge in [0.15, 0.2) is 5.78 Å². The third-order valence-electron chi connectivity index (χ3n) is 2.67. The molecule has 0 bridgehead atoms. The number of imidazole rings is 1. The fraction of sp³-hybridized carbons (Fsp3) is 0.231. The summed E-state index contributed by atoms with van der Waals surface area (Å²) in [5.74, 6) is 1.07. The highest BCUT2D eigenvalue weighted by molar-refractivity contribution is 5.95. The molecule has 0 atom stereocenters. The number of nitrogens with zero attached hydrogens (tertiary/aromatic N) is 2. The molecule has 3 heteroatoms. The molecule has 2 rings (SSSR count). The van der Waals surface area contributed by atoms with Crippen molar-refractivity contribution in [3.63, 3.8) is 0 Å². The molecule has 1 aromatic carbocycles. The van der Waals surface area contributed by atoms with E-state index in [0.717, 1.165) is 17.0 Å². The molecule has 82 valence electrons. The van der Waals surface area contributed by atoms with Crippen LogP contribution in [0.4, 0.5) is 0 Å². The predicted molar refractivity (Wildman–Crippen MR) is 62.5 cm³/mol. The largest absolute Gasteiger partial charge is 0.338 e. The third kappa shape index (κ3) is 2.03. The molecule has 0 aliphatic rings. The van der Waals surface area contributed by atoms with E-state index < -0.39 is 0 Å². The lowest BCUT2D eigenvalue weighted by Crippen LogP contribution is -2.04. The average molecular weight is 214 g/mol. The first-order valence-electron chi connectivity index (χ1n) is 5.23. The van der Waals surface area contributed by atoms with Crippen LogP contribution in [-0.4, -0.2) is 15.3 Å². The summed E-state index contributed by atoms with van der Waals surface area (Å²) >= 11 is 0. The van der Waals surface area contributed by atoms with Gasteiger partial charge in [0.25, 0.3) is 0 Å². The van der Waals surface area contributed by atoms with Crippen molar-refractivity contribution in [2.45, 2.75) is 13.3 Å². The Labute approximate surface area is 94.7 Å². The maximum Gasteiger partial charge on any atom is 0.160 e. The Morgan fingerprint density at radius 3 is 2.75 bits per heavy atom. The smallest absolute Gasteiger partial charge is 0.160 e. The molecule has 1 heterocycles. The van der Waals surface area contributed by atoms with Gasteiger partial charge < -0.3 is 4.57 Å². The van der Waals surface area contributed by atoms with E-state index in [-0.39, 0.29) is 5.78 Å². The van der Waals surface area contributed by atoms with E-state index in [0.29, 0.717) is 6.42 Å². The van der Waals surface area contributed by atoms with Crippen LogP contribution in [-0.2, 0) is 13.5 Å². The van der Waals surface area contributed by atoms with Gasteiger partial charge in [0.1, 0.15) is 5.82 Å². The highest BCUT2D eigenvalue weighted by Crippen LogP contribution is 2.13. The van der Waals surface area contributed by atoms with Crippen molar-refractivity contribution in [1.29, 1.82) is 0 Å². The number of benzene rings is 1. The lowest BCUT2D eigenvalue weighted by Gasteiger charge is -2.06. The first kappa shape index (κ1) is 10.6. The quantitative estimate of drug-likeness (QED) is 0.734. The molecule has 0 saturated carbocycles. The Morgan fingerprint density at radius 1 is 1.38 bits per heavy atom. The summed E-state index contributed by atoms with van der Waals surface area (Å²) in [6, 6.07) is 7.68. The topological polar surface area (TPSA) is 34.9 Å². The first-order chi connectivity index (χ1) is 7.68. The maximum atomic E-state index is 11.5. The van der Waals surface area contributed by atoms with Gasteiger partial charge in [-0.15, -0.1) is 0 Å². The molecule has 0 radical (unpaired) electrons. The van der Waals surface area contributed by atoms with Crippen LogP contribution >= 0.6 is 0 Å². The van der Waals surface area contributed by atoms with Crippen LogP contribution in [0.1, 0.15) is 28.7 Å². The van der Waals surface area contributed by atoms with Crippen molar-refractivity contribution in [1.82, 2.24) is 9.55 Å². The van der Waals surface area contributed by atoms with Crippen LogP contribution in [0.2, 0.25) is 0 Å². The van der Waals surface area contributed by atoms with E-state index in [1.165, 1.54) is 0 Å². The van der Waals surface area contributed by atoms with Crippen LogP contribution in [0, 0.1) is 0 Å². The molecule has 0 aliphatic carbocycles. The fourth-order valence-electron chi connectivity index (χ4n) is 1.76. The standard InChI is InChI=1S/C13H14N2O/c1-10(16)12-6-4-3-5-11(12)9-13-14-7-8-15(13)2/h3-8H,9H2,1-2H3. The van der Waals surface area contributed by atoms with E-state index >= 15 is 0 Å². The van der Waals surface area contributed by atoms with E-state index in [1.54, 1.807) is 13.1 Å². The first-order valence-corrected chi connectivity index (χ1v) is 5.23.